The van der Waals surface area contributed by atoms with Crippen LogP contribution in [-0.2, 0) is 16.6 Å². The van der Waals surface area contributed by atoms with Crippen molar-refractivity contribution in [3.63, 3.8) is 0 Å². The summed E-state index contributed by atoms with van der Waals surface area (Å²) in [4.78, 5) is 16.0. The van der Waals surface area contributed by atoms with Gasteiger partial charge in [-0.3, -0.25) is 4.79 Å². The molecule has 3 N–H and O–H groups in total. The van der Waals surface area contributed by atoms with Crippen molar-refractivity contribution in [2.45, 2.75) is 13.0 Å². The molecule has 0 atom stereocenters. The van der Waals surface area contributed by atoms with Crippen molar-refractivity contribution >= 4 is 21.9 Å². The lowest BCUT2D eigenvalue weighted by Crippen LogP contribution is -2.34. The maximum absolute atomic E-state index is 11.8. The van der Waals surface area contributed by atoms with E-state index in [1.54, 1.807) is 6.20 Å². The van der Waals surface area contributed by atoms with Crippen molar-refractivity contribution in [2.75, 3.05) is 31.2 Å². The van der Waals surface area contributed by atoms with E-state index in [-0.39, 0.29) is 19.0 Å². The number of nitrogens with zero attached hydrogens (tertiary/aromatic N) is 2. The zero-order chi connectivity index (χ0) is 13.9. The molecule has 1 aliphatic heterocycles. The van der Waals surface area contributed by atoms with Gasteiger partial charge in [0.1, 0.15) is 5.69 Å². The lowest BCUT2D eigenvalue weighted by molar-refractivity contribution is 0.0950. The Morgan fingerprint density at radius 3 is 3.00 bits per heavy atom. The largest absolute Gasteiger partial charge is 0.356 e. The minimum absolute atomic E-state index is 0.163. The van der Waals surface area contributed by atoms with Crippen LogP contribution in [0.5, 0.6) is 0 Å². The molecule has 0 radical (unpaired) electrons. The first-order valence-electron chi connectivity index (χ1n) is 5.99. The SMILES string of the molecule is CS(=O)(=O)NCCNC(=O)c1cn2c(n1)NCCC2. The van der Waals surface area contributed by atoms with Crippen molar-refractivity contribution in [1.82, 2.24) is 19.6 Å². The third kappa shape index (κ3) is 3.93. The van der Waals surface area contributed by atoms with Crippen molar-refractivity contribution < 1.29 is 13.2 Å². The zero-order valence-corrected chi connectivity index (χ0v) is 11.5. The highest BCUT2D eigenvalue weighted by molar-refractivity contribution is 7.88. The van der Waals surface area contributed by atoms with Gasteiger partial charge in [-0.05, 0) is 6.42 Å². The number of carbonyl (C=O) groups excluding carboxylic acids is 1. The number of sulfonamides is 1. The maximum Gasteiger partial charge on any atom is 0.271 e. The van der Waals surface area contributed by atoms with E-state index < -0.39 is 10.0 Å². The Bertz CT molecular complexity index is 542. The number of anilines is 1. The van der Waals surface area contributed by atoms with Crippen LogP contribution in [0, 0.1) is 0 Å². The topological polar surface area (TPSA) is 105 Å². The Labute approximate surface area is 111 Å². The van der Waals surface area contributed by atoms with Crippen LogP contribution in [0.2, 0.25) is 0 Å². The van der Waals surface area contributed by atoms with Crippen LogP contribution >= 0.6 is 0 Å². The van der Waals surface area contributed by atoms with E-state index in [9.17, 15) is 13.2 Å². The van der Waals surface area contributed by atoms with Gasteiger partial charge in [0.25, 0.3) is 5.91 Å². The molecular weight excluding hydrogens is 270 g/mol. The molecule has 8 nitrogen and oxygen atoms in total. The predicted octanol–water partition coefficient (Wildman–Crippen LogP) is -1.02. The Kier molecular flexibility index (Phi) is 4.05. The van der Waals surface area contributed by atoms with Gasteiger partial charge < -0.3 is 15.2 Å². The maximum atomic E-state index is 11.8. The number of amides is 1. The second-order valence-corrected chi connectivity index (χ2v) is 6.18. The fourth-order valence-electron chi connectivity index (χ4n) is 1.79. The molecule has 19 heavy (non-hydrogen) atoms. The van der Waals surface area contributed by atoms with Gasteiger partial charge in [0.15, 0.2) is 0 Å². The molecule has 1 aliphatic rings. The van der Waals surface area contributed by atoms with Crippen molar-refractivity contribution in [3.8, 4) is 0 Å². The molecule has 2 heterocycles. The molecule has 2 rings (SSSR count). The van der Waals surface area contributed by atoms with Gasteiger partial charge in [-0.2, -0.15) is 0 Å². The van der Waals surface area contributed by atoms with Crippen LogP contribution in [0.25, 0.3) is 0 Å². The standard InChI is InChI=1S/C10H17N5O3S/c1-19(17,18)13-5-4-11-9(16)8-7-15-6-2-3-12-10(15)14-8/h7,13H,2-6H2,1H3,(H,11,16)(H,12,14). The van der Waals surface area contributed by atoms with Crippen LogP contribution in [0.15, 0.2) is 6.20 Å². The molecule has 0 unspecified atom stereocenters. The fraction of sp³-hybridized carbons (Fsp3) is 0.600. The number of aromatic nitrogens is 2. The Balaban J connectivity index is 1.85. The van der Waals surface area contributed by atoms with Gasteiger partial charge in [0, 0.05) is 32.4 Å². The molecule has 9 heteroatoms. The molecule has 0 spiro atoms. The average Bonchev–Trinajstić information content (AvgIpc) is 2.77. The van der Waals surface area contributed by atoms with Gasteiger partial charge in [0.2, 0.25) is 16.0 Å². The highest BCUT2D eigenvalue weighted by Crippen LogP contribution is 2.13. The number of imidazole rings is 1. The van der Waals surface area contributed by atoms with Gasteiger partial charge in [-0.1, -0.05) is 0 Å². The molecule has 0 saturated carbocycles. The Morgan fingerprint density at radius 2 is 2.32 bits per heavy atom. The lowest BCUT2D eigenvalue weighted by Gasteiger charge is -2.14. The van der Waals surface area contributed by atoms with Crippen molar-refractivity contribution in [1.29, 1.82) is 0 Å². The molecule has 0 fully saturated rings. The predicted molar refractivity (Wildman–Crippen MR) is 70.5 cm³/mol. The van der Waals surface area contributed by atoms with Crippen LogP contribution < -0.4 is 15.4 Å². The summed E-state index contributed by atoms with van der Waals surface area (Å²) < 4.78 is 25.9. The molecule has 1 aromatic rings. The van der Waals surface area contributed by atoms with Crippen LogP contribution in [0.1, 0.15) is 16.9 Å². The highest BCUT2D eigenvalue weighted by Gasteiger charge is 2.16. The van der Waals surface area contributed by atoms with E-state index in [1.807, 2.05) is 4.57 Å². The van der Waals surface area contributed by atoms with Crippen molar-refractivity contribution in [2.24, 2.45) is 0 Å². The summed E-state index contributed by atoms with van der Waals surface area (Å²) in [7, 11) is -3.22. The third-order valence-corrected chi connectivity index (χ3v) is 3.37. The van der Waals surface area contributed by atoms with E-state index in [2.05, 4.69) is 20.3 Å². The first-order valence-corrected chi connectivity index (χ1v) is 7.89. The summed E-state index contributed by atoms with van der Waals surface area (Å²) in [5.74, 6) is 0.393. The van der Waals surface area contributed by atoms with Gasteiger partial charge in [0.05, 0.1) is 6.26 Å². The Morgan fingerprint density at radius 1 is 1.53 bits per heavy atom. The summed E-state index contributed by atoms with van der Waals surface area (Å²) in [6, 6.07) is 0. The fourth-order valence-corrected chi connectivity index (χ4v) is 2.26. The molecule has 0 bridgehead atoms. The molecule has 1 aromatic heterocycles. The van der Waals surface area contributed by atoms with Gasteiger partial charge in [-0.15, -0.1) is 0 Å². The summed E-state index contributed by atoms with van der Waals surface area (Å²) in [6.07, 6.45) is 3.77. The minimum atomic E-state index is -3.22. The quantitative estimate of drug-likeness (QED) is 0.601. The van der Waals surface area contributed by atoms with E-state index in [4.69, 9.17) is 0 Å². The van der Waals surface area contributed by atoms with Gasteiger partial charge in [-0.25, -0.2) is 18.1 Å². The van der Waals surface area contributed by atoms with Crippen molar-refractivity contribution in [3.05, 3.63) is 11.9 Å². The van der Waals surface area contributed by atoms with Gasteiger partial charge >= 0.3 is 0 Å². The molecule has 0 saturated heterocycles. The van der Waals surface area contributed by atoms with E-state index in [1.165, 1.54) is 0 Å². The number of fused-ring (bicyclic) bond motifs is 1. The summed E-state index contributed by atoms with van der Waals surface area (Å²) >= 11 is 0. The second-order valence-electron chi connectivity index (χ2n) is 4.35. The Hall–Kier alpha value is -1.61. The molecule has 106 valence electrons. The average molecular weight is 287 g/mol. The van der Waals surface area contributed by atoms with Crippen LogP contribution in [0.4, 0.5) is 5.95 Å². The van der Waals surface area contributed by atoms with Crippen LogP contribution in [0.3, 0.4) is 0 Å². The zero-order valence-electron chi connectivity index (χ0n) is 10.6. The summed E-state index contributed by atoms with van der Waals surface area (Å²) in [5, 5.41) is 5.72. The molecule has 0 aromatic carbocycles. The molecule has 0 aliphatic carbocycles. The highest BCUT2D eigenvalue weighted by atomic mass is 32.2. The van der Waals surface area contributed by atoms with E-state index in [0.29, 0.717) is 11.6 Å². The third-order valence-electron chi connectivity index (χ3n) is 2.64. The first kappa shape index (κ1) is 13.8. The van der Waals surface area contributed by atoms with Crippen LogP contribution in [-0.4, -0.2) is 49.8 Å². The number of hydrogen-bond acceptors (Lipinski definition) is 5. The summed E-state index contributed by atoms with van der Waals surface area (Å²) in [6.45, 7) is 2.09. The summed E-state index contributed by atoms with van der Waals surface area (Å²) in [5.41, 5.74) is 0.337. The van der Waals surface area contributed by atoms with E-state index in [0.717, 1.165) is 25.8 Å². The normalized spacial score (nSPS) is 14.6. The first-order chi connectivity index (χ1) is 8.96. The van der Waals surface area contributed by atoms with E-state index >= 15 is 0 Å². The number of carbonyl (C=O) groups is 1. The lowest BCUT2D eigenvalue weighted by atomic mass is 10.4. The molecule has 1 amide bonds. The number of nitrogens with one attached hydrogen (secondary N) is 3. The number of rotatable bonds is 5. The molecular formula is C10H17N5O3S. The monoisotopic (exact) mass is 287 g/mol. The number of aryl methyl sites for hydroxylation is 1. The number of hydrogen-bond donors (Lipinski definition) is 3. The smallest absolute Gasteiger partial charge is 0.271 e. The minimum Gasteiger partial charge on any atom is -0.356 e. The second kappa shape index (κ2) is 5.57.